The van der Waals surface area contributed by atoms with Crippen LogP contribution in [0.15, 0.2) is 23.8 Å². The number of nitrogens with two attached hydrogens (primary N) is 1. The molecule has 0 saturated carbocycles. The normalized spacial score (nSPS) is 10.6. The summed E-state index contributed by atoms with van der Waals surface area (Å²) < 4.78 is 2.01. The molecule has 0 saturated heterocycles. The number of aryl methyl sites for hydroxylation is 1. The van der Waals surface area contributed by atoms with Crippen LogP contribution in [0.1, 0.15) is 5.56 Å². The van der Waals surface area contributed by atoms with Gasteiger partial charge in [0.05, 0.1) is 4.88 Å². The molecule has 68 valence electrons. The number of nitrogens with zero attached hydrogens (tertiary/aromatic N) is 2. The monoisotopic (exact) mass is 193 g/mol. The molecule has 0 aliphatic rings. The van der Waals surface area contributed by atoms with E-state index in [0.29, 0.717) is 6.54 Å². The molecule has 0 atom stereocenters. The van der Waals surface area contributed by atoms with E-state index in [9.17, 15) is 0 Å². The first-order valence-corrected chi connectivity index (χ1v) is 4.94. The Hall–Kier alpha value is -1.13. The van der Waals surface area contributed by atoms with Gasteiger partial charge in [-0.1, -0.05) is 0 Å². The van der Waals surface area contributed by atoms with Crippen molar-refractivity contribution in [3.8, 4) is 10.7 Å². The van der Waals surface area contributed by atoms with Gasteiger partial charge in [0.15, 0.2) is 0 Å². The topological polar surface area (TPSA) is 43.8 Å². The third kappa shape index (κ3) is 1.50. The van der Waals surface area contributed by atoms with Crippen molar-refractivity contribution in [2.24, 2.45) is 12.8 Å². The molecule has 0 aliphatic carbocycles. The molecule has 2 N–H and O–H groups in total. The van der Waals surface area contributed by atoms with Gasteiger partial charge in [0.25, 0.3) is 0 Å². The molecular formula is C9H11N3S. The second-order valence-electron chi connectivity index (χ2n) is 2.89. The molecule has 2 rings (SSSR count). The molecule has 0 amide bonds. The van der Waals surface area contributed by atoms with E-state index < -0.39 is 0 Å². The summed E-state index contributed by atoms with van der Waals surface area (Å²) in [4.78, 5) is 5.44. The summed E-state index contributed by atoms with van der Waals surface area (Å²) in [7, 11) is 1.99. The van der Waals surface area contributed by atoms with Crippen LogP contribution in [0.25, 0.3) is 10.7 Å². The molecule has 2 heterocycles. The van der Waals surface area contributed by atoms with Gasteiger partial charge >= 0.3 is 0 Å². The maximum absolute atomic E-state index is 5.53. The Morgan fingerprint density at radius 2 is 2.46 bits per heavy atom. The van der Waals surface area contributed by atoms with Gasteiger partial charge < -0.3 is 10.3 Å². The van der Waals surface area contributed by atoms with Gasteiger partial charge in [-0.05, 0) is 17.0 Å². The number of hydrogen-bond acceptors (Lipinski definition) is 3. The van der Waals surface area contributed by atoms with Crippen LogP contribution in [0.5, 0.6) is 0 Å². The van der Waals surface area contributed by atoms with Gasteiger partial charge in [-0.3, -0.25) is 0 Å². The first kappa shape index (κ1) is 8.47. The number of hydrogen-bond donors (Lipinski definition) is 1. The van der Waals surface area contributed by atoms with Crippen molar-refractivity contribution in [1.82, 2.24) is 9.55 Å². The van der Waals surface area contributed by atoms with Gasteiger partial charge in [0.2, 0.25) is 0 Å². The van der Waals surface area contributed by atoms with E-state index in [1.54, 1.807) is 17.5 Å². The third-order valence-corrected chi connectivity index (χ3v) is 2.91. The van der Waals surface area contributed by atoms with Crippen LogP contribution in [0, 0.1) is 0 Å². The maximum atomic E-state index is 5.53. The fourth-order valence-corrected chi connectivity index (χ4v) is 2.17. The molecule has 0 spiro atoms. The lowest BCUT2D eigenvalue weighted by Gasteiger charge is -1.95. The Balaban J connectivity index is 2.41. The smallest absolute Gasteiger partial charge is 0.149 e. The summed E-state index contributed by atoms with van der Waals surface area (Å²) in [5.74, 6) is 1.00. The quantitative estimate of drug-likeness (QED) is 0.787. The summed E-state index contributed by atoms with van der Waals surface area (Å²) in [6, 6.07) is 2.09. The van der Waals surface area contributed by atoms with Gasteiger partial charge in [0.1, 0.15) is 5.82 Å². The zero-order chi connectivity index (χ0) is 9.26. The Labute approximate surface area is 80.8 Å². The number of rotatable bonds is 2. The summed E-state index contributed by atoms with van der Waals surface area (Å²) >= 11 is 1.68. The molecule has 0 fully saturated rings. The van der Waals surface area contributed by atoms with E-state index >= 15 is 0 Å². The lowest BCUT2D eigenvalue weighted by atomic mass is 10.3. The summed E-state index contributed by atoms with van der Waals surface area (Å²) in [6.45, 7) is 0.598. The standard InChI is InChI=1S/C9H11N3S/c1-12-3-2-11-9(12)8-4-7(5-10)6-13-8/h2-4,6H,5,10H2,1H3. The molecule has 0 aromatic carbocycles. The largest absolute Gasteiger partial charge is 0.333 e. The van der Waals surface area contributed by atoms with Crippen molar-refractivity contribution in [3.63, 3.8) is 0 Å². The van der Waals surface area contributed by atoms with Crippen molar-refractivity contribution in [3.05, 3.63) is 29.4 Å². The number of imidazole rings is 1. The summed E-state index contributed by atoms with van der Waals surface area (Å²) in [5, 5.41) is 2.07. The lowest BCUT2D eigenvalue weighted by Crippen LogP contribution is -1.93. The van der Waals surface area contributed by atoms with E-state index in [4.69, 9.17) is 5.73 Å². The van der Waals surface area contributed by atoms with E-state index in [1.807, 2.05) is 17.8 Å². The first-order chi connectivity index (χ1) is 6.31. The van der Waals surface area contributed by atoms with Gasteiger partial charge in [-0.15, -0.1) is 11.3 Å². The van der Waals surface area contributed by atoms with E-state index in [0.717, 1.165) is 5.82 Å². The Morgan fingerprint density at radius 1 is 1.62 bits per heavy atom. The van der Waals surface area contributed by atoms with Crippen LogP contribution in [0.4, 0.5) is 0 Å². The minimum Gasteiger partial charge on any atom is -0.333 e. The highest BCUT2D eigenvalue weighted by atomic mass is 32.1. The number of thiophene rings is 1. The SMILES string of the molecule is Cn1ccnc1-c1cc(CN)cs1. The molecule has 0 unspecified atom stereocenters. The predicted molar refractivity (Wildman–Crippen MR) is 54.4 cm³/mol. The Bertz CT molecular complexity index is 402. The Morgan fingerprint density at radius 3 is 3.00 bits per heavy atom. The molecule has 2 aromatic heterocycles. The van der Waals surface area contributed by atoms with Crippen molar-refractivity contribution in [2.45, 2.75) is 6.54 Å². The third-order valence-electron chi connectivity index (χ3n) is 1.93. The predicted octanol–water partition coefficient (Wildman–Crippen LogP) is 1.61. The molecule has 0 radical (unpaired) electrons. The van der Waals surface area contributed by atoms with Crippen molar-refractivity contribution in [1.29, 1.82) is 0 Å². The van der Waals surface area contributed by atoms with Gasteiger partial charge in [-0.25, -0.2) is 4.98 Å². The van der Waals surface area contributed by atoms with Crippen LogP contribution >= 0.6 is 11.3 Å². The van der Waals surface area contributed by atoms with Crippen LogP contribution in [0.3, 0.4) is 0 Å². The zero-order valence-corrected chi connectivity index (χ0v) is 8.21. The first-order valence-electron chi connectivity index (χ1n) is 4.06. The van der Waals surface area contributed by atoms with Crippen molar-refractivity contribution < 1.29 is 0 Å². The van der Waals surface area contributed by atoms with Crippen LogP contribution in [0.2, 0.25) is 0 Å². The fraction of sp³-hybridized carbons (Fsp3) is 0.222. The number of aromatic nitrogens is 2. The average molecular weight is 193 g/mol. The van der Waals surface area contributed by atoms with Gasteiger partial charge in [0, 0.05) is 26.0 Å². The van der Waals surface area contributed by atoms with E-state index in [2.05, 4.69) is 16.4 Å². The van der Waals surface area contributed by atoms with Crippen LogP contribution in [-0.2, 0) is 13.6 Å². The highest BCUT2D eigenvalue weighted by Crippen LogP contribution is 2.24. The lowest BCUT2D eigenvalue weighted by molar-refractivity contribution is 0.927. The molecule has 13 heavy (non-hydrogen) atoms. The van der Waals surface area contributed by atoms with Crippen molar-refractivity contribution >= 4 is 11.3 Å². The van der Waals surface area contributed by atoms with Crippen molar-refractivity contribution in [2.75, 3.05) is 0 Å². The highest BCUT2D eigenvalue weighted by Gasteiger charge is 2.05. The Kier molecular flexibility index (Phi) is 2.16. The maximum Gasteiger partial charge on any atom is 0.149 e. The van der Waals surface area contributed by atoms with Crippen LogP contribution < -0.4 is 5.73 Å². The van der Waals surface area contributed by atoms with E-state index in [-0.39, 0.29) is 0 Å². The molecule has 0 bridgehead atoms. The molecule has 2 aromatic rings. The minimum atomic E-state index is 0.598. The summed E-state index contributed by atoms with van der Waals surface area (Å²) in [5.41, 5.74) is 6.70. The second-order valence-corrected chi connectivity index (χ2v) is 3.80. The van der Waals surface area contributed by atoms with Gasteiger partial charge in [-0.2, -0.15) is 0 Å². The summed E-state index contributed by atoms with van der Waals surface area (Å²) in [6.07, 6.45) is 3.74. The van der Waals surface area contributed by atoms with Crippen LogP contribution in [-0.4, -0.2) is 9.55 Å². The second kappa shape index (κ2) is 3.32. The minimum absolute atomic E-state index is 0.598. The zero-order valence-electron chi connectivity index (χ0n) is 7.40. The molecule has 4 heteroatoms. The fourth-order valence-electron chi connectivity index (χ4n) is 1.20. The van der Waals surface area contributed by atoms with E-state index in [1.165, 1.54) is 10.4 Å². The average Bonchev–Trinajstić information content (AvgIpc) is 2.71. The highest BCUT2D eigenvalue weighted by molar-refractivity contribution is 7.13. The molecule has 0 aliphatic heterocycles. The molecule has 3 nitrogen and oxygen atoms in total. The molecular weight excluding hydrogens is 182 g/mol.